The number of amides is 1. The molecular formula is C12H16F5NO2S2. The molecule has 1 rings (SSSR count). The van der Waals surface area contributed by atoms with Gasteiger partial charge in [-0.25, -0.2) is 4.79 Å². The van der Waals surface area contributed by atoms with E-state index in [4.69, 9.17) is 0 Å². The molecule has 128 valence electrons. The van der Waals surface area contributed by atoms with Crippen LogP contribution in [-0.2, 0) is 0 Å². The van der Waals surface area contributed by atoms with Gasteiger partial charge in [0.25, 0.3) is 0 Å². The van der Waals surface area contributed by atoms with Crippen molar-refractivity contribution in [3.63, 3.8) is 0 Å². The first-order valence-electron chi connectivity index (χ1n) is 5.92. The van der Waals surface area contributed by atoms with E-state index >= 15 is 0 Å². The van der Waals surface area contributed by atoms with Gasteiger partial charge in [-0.3, -0.25) is 4.90 Å². The highest BCUT2D eigenvalue weighted by Gasteiger charge is 2.65. The number of anilines is 1. The summed E-state index contributed by atoms with van der Waals surface area (Å²) in [5, 5.41) is 9.26. The molecule has 0 bridgehead atoms. The van der Waals surface area contributed by atoms with Crippen LogP contribution in [0.3, 0.4) is 0 Å². The van der Waals surface area contributed by atoms with Gasteiger partial charge in [-0.2, -0.15) is 0 Å². The zero-order chi connectivity index (χ0) is 17.6. The van der Waals surface area contributed by atoms with Gasteiger partial charge in [0.15, 0.2) is 0 Å². The Hall–Kier alpha value is -1.16. The van der Waals surface area contributed by atoms with E-state index in [0.717, 1.165) is 17.8 Å². The largest absolute Gasteiger partial charge is 0.465 e. The fourth-order valence-electron chi connectivity index (χ4n) is 1.84. The molecule has 10 heteroatoms. The second-order valence-electron chi connectivity index (χ2n) is 5.59. The van der Waals surface area contributed by atoms with E-state index < -0.39 is 32.4 Å². The van der Waals surface area contributed by atoms with Crippen LogP contribution in [0, 0.1) is 0 Å². The Bertz CT molecular complexity index is 610. The van der Waals surface area contributed by atoms with Crippen LogP contribution < -0.4 is 4.90 Å². The Morgan fingerprint density at radius 3 is 2.00 bits per heavy atom. The molecule has 22 heavy (non-hydrogen) atoms. The third kappa shape index (κ3) is 4.19. The average molecular weight is 365 g/mol. The number of hydrogen-bond donors (Lipinski definition) is 1. The number of thioether (sulfide) groups is 1. The SMILES string of the molecule is CSc1ccc(S(F)(F)(F)(F)F)cc1N(C(=O)O)C(C)(C)C. The van der Waals surface area contributed by atoms with E-state index in [1.807, 2.05) is 0 Å². The van der Waals surface area contributed by atoms with Crippen molar-refractivity contribution in [1.29, 1.82) is 0 Å². The summed E-state index contributed by atoms with van der Waals surface area (Å²) in [6, 6.07) is 1.33. The van der Waals surface area contributed by atoms with E-state index in [0.29, 0.717) is 4.90 Å². The molecule has 1 aromatic rings. The van der Waals surface area contributed by atoms with E-state index in [2.05, 4.69) is 0 Å². The molecule has 0 aromatic heterocycles. The highest BCUT2D eigenvalue weighted by Crippen LogP contribution is 3.02. The van der Waals surface area contributed by atoms with Gasteiger partial charge in [0, 0.05) is 10.4 Å². The van der Waals surface area contributed by atoms with Crippen LogP contribution in [0.2, 0.25) is 0 Å². The van der Waals surface area contributed by atoms with Gasteiger partial charge in [-0.05, 0) is 45.2 Å². The summed E-state index contributed by atoms with van der Waals surface area (Å²) in [5.74, 6) is 0. The maximum Gasteiger partial charge on any atom is 0.412 e. The molecule has 1 N–H and O–H groups in total. The topological polar surface area (TPSA) is 40.5 Å². The molecule has 0 atom stereocenters. The summed E-state index contributed by atoms with van der Waals surface area (Å²) in [6.07, 6.45) is -0.0110. The molecule has 0 radical (unpaired) electrons. The Morgan fingerprint density at radius 1 is 1.18 bits per heavy atom. The normalized spacial score (nSPS) is 15.9. The molecule has 0 saturated carbocycles. The van der Waals surface area contributed by atoms with Crippen LogP contribution in [-0.4, -0.2) is 23.0 Å². The molecule has 1 aromatic carbocycles. The zero-order valence-corrected chi connectivity index (χ0v) is 13.9. The van der Waals surface area contributed by atoms with E-state index in [9.17, 15) is 29.3 Å². The predicted molar refractivity (Wildman–Crippen MR) is 79.9 cm³/mol. The van der Waals surface area contributed by atoms with Gasteiger partial charge in [-0.1, -0.05) is 19.4 Å². The lowest BCUT2D eigenvalue weighted by Gasteiger charge is -2.42. The van der Waals surface area contributed by atoms with Crippen molar-refractivity contribution in [2.75, 3.05) is 11.2 Å². The summed E-state index contributed by atoms with van der Waals surface area (Å²) in [7, 11) is -9.88. The van der Waals surface area contributed by atoms with Crippen molar-refractivity contribution in [2.45, 2.75) is 36.1 Å². The van der Waals surface area contributed by atoms with E-state index in [-0.39, 0.29) is 17.0 Å². The van der Waals surface area contributed by atoms with Crippen molar-refractivity contribution in [3.8, 4) is 0 Å². The van der Waals surface area contributed by atoms with Gasteiger partial charge in [0.1, 0.15) is 4.90 Å². The quantitative estimate of drug-likeness (QED) is 0.501. The first kappa shape index (κ1) is 18.9. The van der Waals surface area contributed by atoms with Crippen molar-refractivity contribution < 1.29 is 29.3 Å². The second kappa shape index (κ2) is 4.67. The van der Waals surface area contributed by atoms with Gasteiger partial charge in [-0.15, -0.1) is 11.8 Å². The third-order valence-electron chi connectivity index (χ3n) is 2.70. The standard InChI is InChI=1S/C12H16F5NO2S2/c1-12(2,3)18(11(19)20)9-7-8(5-6-10(9)21-4)22(13,14,15,16)17/h5-7H,1-4H3,(H,19,20). The van der Waals surface area contributed by atoms with Gasteiger partial charge >= 0.3 is 16.3 Å². The second-order valence-corrected chi connectivity index (χ2v) is 8.85. The average Bonchev–Trinajstić information content (AvgIpc) is 2.23. The molecule has 3 nitrogen and oxygen atoms in total. The molecule has 0 spiro atoms. The van der Waals surface area contributed by atoms with Crippen LogP contribution in [0.4, 0.5) is 29.9 Å². The van der Waals surface area contributed by atoms with Crippen molar-refractivity contribution in [3.05, 3.63) is 18.2 Å². The lowest BCUT2D eigenvalue weighted by atomic mass is 10.1. The summed E-state index contributed by atoms with van der Waals surface area (Å²) in [6.45, 7) is 4.37. The Morgan fingerprint density at radius 2 is 1.68 bits per heavy atom. The minimum atomic E-state index is -9.88. The summed E-state index contributed by atoms with van der Waals surface area (Å²) in [4.78, 5) is 10.1. The predicted octanol–water partition coefficient (Wildman–Crippen LogP) is 6.35. The third-order valence-corrected chi connectivity index (χ3v) is 4.63. The first-order chi connectivity index (χ1) is 9.47. The van der Waals surface area contributed by atoms with E-state index in [1.54, 1.807) is 0 Å². The van der Waals surface area contributed by atoms with Crippen LogP contribution >= 0.6 is 22.0 Å². The molecular weight excluding hydrogens is 349 g/mol. The lowest BCUT2D eigenvalue weighted by molar-refractivity contribution is 0.195. The minimum Gasteiger partial charge on any atom is -0.465 e. The van der Waals surface area contributed by atoms with Crippen LogP contribution in [0.15, 0.2) is 28.0 Å². The Kier molecular flexibility index (Phi) is 4.01. The summed E-state index contributed by atoms with van der Waals surface area (Å²) < 4.78 is 64.8. The monoisotopic (exact) mass is 365 g/mol. The molecule has 0 aliphatic rings. The molecule has 1 amide bonds. The summed E-state index contributed by atoms with van der Waals surface area (Å²) in [5.41, 5.74) is -1.52. The highest BCUT2D eigenvalue weighted by atomic mass is 32.5. The van der Waals surface area contributed by atoms with Crippen molar-refractivity contribution >= 4 is 33.8 Å². The molecule has 0 unspecified atom stereocenters. The lowest BCUT2D eigenvalue weighted by Crippen LogP contribution is -2.45. The number of hydrogen-bond acceptors (Lipinski definition) is 2. The minimum absolute atomic E-state index is 0.155. The Labute approximate surface area is 129 Å². The maximum atomic E-state index is 13.0. The first-order valence-corrected chi connectivity index (χ1v) is 9.10. The highest BCUT2D eigenvalue weighted by molar-refractivity contribution is 8.45. The number of carboxylic acid groups (broad SMARTS) is 1. The molecule has 0 fully saturated rings. The Balaban J connectivity index is 3.70. The molecule has 0 aliphatic heterocycles. The molecule has 0 saturated heterocycles. The number of carbonyl (C=O) groups is 1. The number of halogens is 5. The maximum absolute atomic E-state index is 13.0. The van der Waals surface area contributed by atoms with Gasteiger partial charge in [0.2, 0.25) is 0 Å². The number of benzene rings is 1. The van der Waals surface area contributed by atoms with Gasteiger partial charge in [0.05, 0.1) is 5.69 Å². The van der Waals surface area contributed by atoms with Crippen molar-refractivity contribution in [2.24, 2.45) is 0 Å². The number of nitrogens with zero attached hydrogens (tertiary/aromatic N) is 1. The zero-order valence-electron chi connectivity index (χ0n) is 12.2. The van der Waals surface area contributed by atoms with Crippen LogP contribution in [0.25, 0.3) is 0 Å². The van der Waals surface area contributed by atoms with Crippen LogP contribution in [0.1, 0.15) is 20.8 Å². The molecule has 0 heterocycles. The van der Waals surface area contributed by atoms with Crippen molar-refractivity contribution in [1.82, 2.24) is 0 Å². The smallest absolute Gasteiger partial charge is 0.412 e. The fourth-order valence-corrected chi connectivity index (χ4v) is 3.06. The fraction of sp³-hybridized carbons (Fsp3) is 0.417. The van der Waals surface area contributed by atoms with Gasteiger partial charge < -0.3 is 5.11 Å². The summed E-state index contributed by atoms with van der Waals surface area (Å²) >= 11 is 0.970. The van der Waals surface area contributed by atoms with Crippen LogP contribution in [0.5, 0.6) is 0 Å². The number of rotatable bonds is 3. The van der Waals surface area contributed by atoms with E-state index in [1.165, 1.54) is 27.0 Å². The molecule has 0 aliphatic carbocycles.